The van der Waals surface area contributed by atoms with E-state index >= 15 is 0 Å². The average Bonchev–Trinajstić information content (AvgIpc) is 1.97. The molecule has 0 rings (SSSR count). The first-order valence-electron chi connectivity index (χ1n) is 4.48. The molecule has 0 saturated heterocycles. The highest BCUT2D eigenvalue weighted by atomic mass is 32.2. The van der Waals surface area contributed by atoms with Crippen molar-refractivity contribution in [2.75, 3.05) is 0 Å². The second kappa shape index (κ2) is 7.55. The van der Waals surface area contributed by atoms with E-state index in [1.165, 1.54) is 19.3 Å². The lowest BCUT2D eigenvalue weighted by atomic mass is 10.1. The minimum absolute atomic E-state index is 0.150. The van der Waals surface area contributed by atoms with Crippen LogP contribution < -0.4 is 0 Å². The molecule has 1 atom stereocenters. The lowest BCUT2D eigenvalue weighted by Crippen LogP contribution is -2.06. The molecule has 3 nitrogen and oxygen atoms in total. The van der Waals surface area contributed by atoms with Crippen LogP contribution in [0.2, 0.25) is 0 Å². The van der Waals surface area contributed by atoms with E-state index in [9.17, 15) is 8.42 Å². The first-order chi connectivity index (χ1) is 5.66. The Balaban J connectivity index is 3.25. The zero-order valence-electron chi connectivity index (χ0n) is 7.78. The first-order valence-corrected chi connectivity index (χ1v) is 5.57. The summed E-state index contributed by atoms with van der Waals surface area (Å²) < 4.78 is 24.8. The number of hydrogen-bond donors (Lipinski definition) is 1. The van der Waals surface area contributed by atoms with Crippen molar-refractivity contribution in [2.24, 2.45) is 0 Å². The van der Waals surface area contributed by atoms with E-state index in [2.05, 4.69) is 11.1 Å². The van der Waals surface area contributed by atoms with Crippen LogP contribution in [0.3, 0.4) is 0 Å². The van der Waals surface area contributed by atoms with Crippen molar-refractivity contribution in [3.8, 4) is 0 Å². The third kappa shape index (κ3) is 8.01. The van der Waals surface area contributed by atoms with Gasteiger partial charge in [0.05, 0.1) is 6.10 Å². The van der Waals surface area contributed by atoms with Crippen LogP contribution in [-0.4, -0.2) is 14.5 Å². The predicted octanol–water partition coefficient (Wildman–Crippen LogP) is 1.89. The van der Waals surface area contributed by atoms with Gasteiger partial charge in [-0.2, -0.15) is 0 Å². The Morgan fingerprint density at radius 3 is 2.42 bits per heavy atom. The van der Waals surface area contributed by atoms with E-state index in [0.717, 1.165) is 12.8 Å². The van der Waals surface area contributed by atoms with Crippen molar-refractivity contribution in [1.82, 2.24) is 0 Å². The summed E-state index contributed by atoms with van der Waals surface area (Å²) in [5.41, 5.74) is 0. The van der Waals surface area contributed by atoms with Gasteiger partial charge in [-0.25, -0.2) is 8.42 Å². The van der Waals surface area contributed by atoms with Gasteiger partial charge in [-0.05, 0) is 13.3 Å². The van der Waals surface area contributed by atoms with E-state index in [1.54, 1.807) is 6.92 Å². The van der Waals surface area contributed by atoms with Crippen molar-refractivity contribution in [1.29, 1.82) is 0 Å². The second-order valence-corrected chi connectivity index (χ2v) is 3.65. The summed E-state index contributed by atoms with van der Waals surface area (Å²) in [6.07, 6.45) is 5.32. The fourth-order valence-electron chi connectivity index (χ4n) is 1.06. The summed E-state index contributed by atoms with van der Waals surface area (Å²) in [5, 5.41) is 0. The summed E-state index contributed by atoms with van der Waals surface area (Å²) in [6.45, 7) is 3.94. The molecule has 0 aromatic rings. The van der Waals surface area contributed by atoms with Gasteiger partial charge >= 0.3 is 0 Å². The lowest BCUT2D eigenvalue weighted by molar-refractivity contribution is 0.223. The molecule has 4 heteroatoms. The Labute approximate surface area is 76.3 Å². The number of unbranched alkanes of at least 4 members (excludes halogenated alkanes) is 3. The minimum atomic E-state index is -2.66. The maximum atomic E-state index is 10.1. The summed E-state index contributed by atoms with van der Waals surface area (Å²) in [5.74, 6) is 0. The average molecular weight is 194 g/mol. The molecule has 0 spiro atoms. The van der Waals surface area contributed by atoms with Gasteiger partial charge in [-0.1, -0.05) is 32.6 Å². The van der Waals surface area contributed by atoms with Gasteiger partial charge in [0, 0.05) is 0 Å². The molecule has 1 unspecified atom stereocenters. The van der Waals surface area contributed by atoms with Gasteiger partial charge in [0.25, 0.3) is 11.0 Å². The molecule has 0 aliphatic carbocycles. The van der Waals surface area contributed by atoms with E-state index in [4.69, 9.17) is 0 Å². The van der Waals surface area contributed by atoms with Crippen molar-refractivity contribution >= 4 is 11.0 Å². The monoisotopic (exact) mass is 194 g/mol. The van der Waals surface area contributed by atoms with E-state index in [-0.39, 0.29) is 6.10 Å². The third-order valence-electron chi connectivity index (χ3n) is 1.73. The Hall–Kier alpha value is -0.0900. The van der Waals surface area contributed by atoms with Gasteiger partial charge in [0.1, 0.15) is 0 Å². The molecule has 12 heavy (non-hydrogen) atoms. The fourth-order valence-corrected chi connectivity index (χ4v) is 1.46. The molecule has 0 amide bonds. The van der Waals surface area contributed by atoms with Gasteiger partial charge in [-0.15, -0.1) is 0 Å². The molecule has 0 aliphatic heterocycles. The van der Waals surface area contributed by atoms with Crippen LogP contribution in [0.4, 0.5) is 0 Å². The first kappa shape index (κ1) is 11.9. The highest BCUT2D eigenvalue weighted by molar-refractivity contribution is 7.67. The van der Waals surface area contributed by atoms with Crippen molar-refractivity contribution < 1.29 is 12.6 Å². The molecular weight excluding hydrogens is 176 g/mol. The quantitative estimate of drug-likeness (QED) is 0.497. The van der Waals surface area contributed by atoms with Gasteiger partial charge in [0.2, 0.25) is 0 Å². The van der Waals surface area contributed by atoms with Gasteiger partial charge in [0.15, 0.2) is 0 Å². The van der Waals surface area contributed by atoms with Crippen LogP contribution in [0, 0.1) is 0 Å². The molecule has 74 valence electrons. The molecule has 0 N–H and O–H groups in total. The van der Waals surface area contributed by atoms with Crippen molar-refractivity contribution in [3.05, 3.63) is 0 Å². The zero-order chi connectivity index (χ0) is 9.40. The number of thiol groups is 1. The van der Waals surface area contributed by atoms with Gasteiger partial charge in [-0.3, -0.25) is 4.18 Å². The van der Waals surface area contributed by atoms with Gasteiger partial charge < -0.3 is 0 Å². The van der Waals surface area contributed by atoms with Crippen LogP contribution in [0.1, 0.15) is 46.0 Å². The smallest absolute Gasteiger partial charge is 0.257 e. The van der Waals surface area contributed by atoms with E-state index < -0.39 is 11.0 Å². The van der Waals surface area contributed by atoms with Crippen LogP contribution in [0.25, 0.3) is 0 Å². The zero-order valence-corrected chi connectivity index (χ0v) is 8.68. The molecular formula is C8H18O3S. The topological polar surface area (TPSA) is 43.4 Å². The summed E-state index contributed by atoms with van der Waals surface area (Å²) >= 11 is 0. The van der Waals surface area contributed by atoms with Crippen LogP contribution in [0.5, 0.6) is 0 Å². The summed E-state index contributed by atoms with van der Waals surface area (Å²) in [6, 6.07) is 0. The van der Waals surface area contributed by atoms with E-state index in [1.807, 2.05) is 0 Å². The molecule has 0 bridgehead atoms. The Morgan fingerprint density at radius 2 is 1.92 bits per heavy atom. The Morgan fingerprint density at radius 1 is 1.25 bits per heavy atom. The molecule has 0 aromatic carbocycles. The predicted molar refractivity (Wildman–Crippen MR) is 49.6 cm³/mol. The molecule has 0 aliphatic rings. The third-order valence-corrected chi connectivity index (χ3v) is 2.26. The molecule has 0 aromatic heterocycles. The van der Waals surface area contributed by atoms with Crippen molar-refractivity contribution in [3.63, 3.8) is 0 Å². The SMILES string of the molecule is CCCCCCC(C)O[SH](=O)=O. The number of hydrogen-bond acceptors (Lipinski definition) is 3. The van der Waals surface area contributed by atoms with Crippen LogP contribution in [0.15, 0.2) is 0 Å². The molecule has 0 radical (unpaired) electrons. The largest absolute Gasteiger partial charge is 0.269 e. The molecule has 0 saturated carbocycles. The summed E-state index contributed by atoms with van der Waals surface area (Å²) in [4.78, 5) is 0. The Kier molecular flexibility index (Phi) is 7.50. The maximum Gasteiger partial charge on any atom is 0.257 e. The standard InChI is InChI=1S/C8H18O3S/c1-3-4-5-6-7-8(2)11-12(9)10/h8,12H,3-7H2,1-2H3. The normalized spacial score (nSPS) is 13.6. The fraction of sp³-hybridized carbons (Fsp3) is 1.00. The lowest BCUT2D eigenvalue weighted by Gasteiger charge is -2.06. The minimum Gasteiger partial charge on any atom is -0.269 e. The van der Waals surface area contributed by atoms with Crippen LogP contribution >= 0.6 is 0 Å². The van der Waals surface area contributed by atoms with Crippen molar-refractivity contribution in [2.45, 2.75) is 52.1 Å². The summed E-state index contributed by atoms with van der Waals surface area (Å²) in [7, 11) is -2.66. The highest BCUT2D eigenvalue weighted by Gasteiger charge is 2.01. The maximum absolute atomic E-state index is 10.1. The Bertz CT molecular complexity index is 158. The second-order valence-electron chi connectivity index (χ2n) is 2.99. The highest BCUT2D eigenvalue weighted by Crippen LogP contribution is 2.07. The van der Waals surface area contributed by atoms with E-state index in [0.29, 0.717) is 0 Å². The molecule has 0 fully saturated rings. The number of rotatable bonds is 7. The van der Waals surface area contributed by atoms with Crippen LogP contribution in [-0.2, 0) is 15.2 Å². The molecule has 0 heterocycles.